The molecule has 0 saturated carbocycles. The Balaban J connectivity index is 0.00000385. The Bertz CT molecular complexity index is 1240. The zero-order chi connectivity index (χ0) is 23.4. The topological polar surface area (TPSA) is 99.2 Å². The van der Waals surface area contributed by atoms with Gasteiger partial charge >= 0.3 is 0 Å². The van der Waals surface area contributed by atoms with Gasteiger partial charge in [0.05, 0.1) is 12.2 Å². The molecule has 0 fully saturated rings. The van der Waals surface area contributed by atoms with Crippen molar-refractivity contribution in [3.8, 4) is 11.6 Å². The molecule has 176 valence electrons. The number of nitrogens with two attached hydrogens (primary N) is 1. The molecule has 0 unspecified atom stereocenters. The number of aromatic nitrogens is 2. The van der Waals surface area contributed by atoms with E-state index in [1.165, 1.54) is 25.1 Å². The van der Waals surface area contributed by atoms with Gasteiger partial charge in [-0.05, 0) is 36.8 Å². The number of benzene rings is 2. The Labute approximate surface area is 197 Å². The third kappa shape index (κ3) is 6.04. The van der Waals surface area contributed by atoms with Gasteiger partial charge in [0.25, 0.3) is 5.56 Å². The first kappa shape index (κ1) is 26.2. The molecule has 0 spiro atoms. The van der Waals surface area contributed by atoms with E-state index in [0.717, 1.165) is 16.7 Å². The maximum absolute atomic E-state index is 14.5. The minimum atomic E-state index is -0.827. The SMILES string of the molecule is Cc1nc(OCc2ccc(F)cc2F)c(Cl)c(=O)n1-c1cc(CNC(=O)CN)ccc1F.Cl. The normalized spacial score (nSPS) is 10.5. The lowest BCUT2D eigenvalue weighted by molar-refractivity contribution is -0.119. The summed E-state index contributed by atoms with van der Waals surface area (Å²) in [5, 5.41) is 2.10. The lowest BCUT2D eigenvalue weighted by atomic mass is 10.2. The number of nitrogens with one attached hydrogen (secondary N) is 1. The highest BCUT2D eigenvalue weighted by Gasteiger charge is 2.19. The first-order chi connectivity index (χ1) is 15.2. The van der Waals surface area contributed by atoms with Crippen LogP contribution in [0.25, 0.3) is 5.69 Å². The third-order valence-corrected chi connectivity index (χ3v) is 4.79. The Kier molecular flexibility index (Phi) is 8.86. The van der Waals surface area contributed by atoms with Gasteiger partial charge in [0, 0.05) is 18.2 Å². The molecule has 1 aromatic heterocycles. The number of rotatable bonds is 7. The van der Waals surface area contributed by atoms with Crippen LogP contribution in [0.4, 0.5) is 13.2 Å². The number of amides is 1. The number of carbonyl (C=O) groups excluding carboxylic acids is 1. The van der Waals surface area contributed by atoms with E-state index in [4.69, 9.17) is 22.1 Å². The third-order valence-electron chi connectivity index (χ3n) is 4.47. The van der Waals surface area contributed by atoms with E-state index in [9.17, 15) is 22.8 Å². The van der Waals surface area contributed by atoms with Crippen molar-refractivity contribution in [3.05, 3.63) is 86.2 Å². The summed E-state index contributed by atoms with van der Waals surface area (Å²) in [5.41, 5.74) is 4.85. The molecule has 0 radical (unpaired) electrons. The summed E-state index contributed by atoms with van der Waals surface area (Å²) < 4.78 is 47.7. The maximum atomic E-state index is 14.5. The van der Waals surface area contributed by atoms with Gasteiger partial charge in [-0.25, -0.2) is 13.2 Å². The van der Waals surface area contributed by atoms with E-state index in [2.05, 4.69) is 10.3 Å². The lowest BCUT2D eigenvalue weighted by Crippen LogP contribution is -2.30. The average molecular weight is 503 g/mol. The predicted molar refractivity (Wildman–Crippen MR) is 118 cm³/mol. The summed E-state index contributed by atoms with van der Waals surface area (Å²) in [6.07, 6.45) is 0. The zero-order valence-electron chi connectivity index (χ0n) is 17.2. The van der Waals surface area contributed by atoms with Gasteiger partial charge in [-0.1, -0.05) is 17.7 Å². The molecular formula is C21H19Cl2F3N4O3. The molecule has 1 amide bonds. The van der Waals surface area contributed by atoms with Gasteiger partial charge in [0.2, 0.25) is 11.8 Å². The highest BCUT2D eigenvalue weighted by atomic mass is 35.5. The molecule has 7 nitrogen and oxygen atoms in total. The van der Waals surface area contributed by atoms with E-state index in [1.807, 2.05) is 0 Å². The number of nitrogens with zero attached hydrogens (tertiary/aromatic N) is 2. The molecule has 0 saturated heterocycles. The monoisotopic (exact) mass is 502 g/mol. The second-order valence-corrected chi connectivity index (χ2v) is 7.09. The van der Waals surface area contributed by atoms with E-state index in [1.54, 1.807) is 0 Å². The maximum Gasteiger partial charge on any atom is 0.280 e. The van der Waals surface area contributed by atoms with Gasteiger partial charge in [-0.3, -0.25) is 14.2 Å². The van der Waals surface area contributed by atoms with Crippen LogP contribution in [0.5, 0.6) is 5.88 Å². The van der Waals surface area contributed by atoms with Crippen LogP contribution in [0.2, 0.25) is 5.02 Å². The molecule has 0 bridgehead atoms. The van der Waals surface area contributed by atoms with E-state index in [-0.39, 0.29) is 55.1 Å². The molecule has 2 aromatic carbocycles. The van der Waals surface area contributed by atoms with Gasteiger partial charge in [0.15, 0.2) is 5.02 Å². The molecule has 3 N–H and O–H groups in total. The van der Waals surface area contributed by atoms with Gasteiger partial charge in [0.1, 0.15) is 29.9 Å². The van der Waals surface area contributed by atoms with Crippen molar-refractivity contribution in [2.24, 2.45) is 5.73 Å². The van der Waals surface area contributed by atoms with Crippen LogP contribution in [0.3, 0.4) is 0 Å². The van der Waals surface area contributed by atoms with E-state index < -0.39 is 33.9 Å². The highest BCUT2D eigenvalue weighted by Crippen LogP contribution is 2.23. The number of aryl methyl sites for hydroxylation is 1. The molecule has 3 rings (SSSR count). The van der Waals surface area contributed by atoms with Crippen LogP contribution in [-0.2, 0) is 17.9 Å². The molecule has 1 heterocycles. The quantitative estimate of drug-likeness (QED) is 0.516. The lowest BCUT2D eigenvalue weighted by Gasteiger charge is -2.15. The fourth-order valence-corrected chi connectivity index (χ4v) is 3.04. The van der Waals surface area contributed by atoms with Crippen molar-refractivity contribution < 1.29 is 22.7 Å². The summed E-state index contributed by atoms with van der Waals surface area (Å²) in [7, 11) is 0. The van der Waals surface area contributed by atoms with E-state index in [0.29, 0.717) is 11.6 Å². The first-order valence-corrected chi connectivity index (χ1v) is 9.70. The summed E-state index contributed by atoms with van der Waals surface area (Å²) in [5.74, 6) is -2.91. The standard InChI is InChI=1S/C21H18ClF3N4O3.ClH/c1-11-28-20(32-10-13-3-4-14(23)7-16(13)25)19(22)21(31)29(11)17-6-12(2-5-15(17)24)9-27-18(30)8-26;/h2-7H,8-10,26H2,1H3,(H,27,30);1H. The fraction of sp³-hybridized carbons (Fsp3) is 0.190. The zero-order valence-corrected chi connectivity index (χ0v) is 18.8. The number of carbonyl (C=O) groups is 1. The molecular weight excluding hydrogens is 484 g/mol. The molecule has 0 aliphatic heterocycles. The van der Waals surface area contributed by atoms with Crippen molar-refractivity contribution in [2.45, 2.75) is 20.1 Å². The summed E-state index contributed by atoms with van der Waals surface area (Å²) in [6.45, 7) is 0.954. The minimum Gasteiger partial charge on any atom is -0.471 e. The molecule has 12 heteroatoms. The summed E-state index contributed by atoms with van der Waals surface area (Å²) >= 11 is 6.10. The number of hydrogen-bond acceptors (Lipinski definition) is 5. The number of ether oxygens (including phenoxy) is 1. The largest absolute Gasteiger partial charge is 0.471 e. The second-order valence-electron chi connectivity index (χ2n) is 6.71. The van der Waals surface area contributed by atoms with Gasteiger partial charge in [-0.2, -0.15) is 4.98 Å². The van der Waals surface area contributed by atoms with Gasteiger partial charge < -0.3 is 15.8 Å². The number of halogens is 5. The molecule has 33 heavy (non-hydrogen) atoms. The molecule has 3 aromatic rings. The molecule has 0 aliphatic rings. The van der Waals surface area contributed by atoms with E-state index >= 15 is 0 Å². The first-order valence-electron chi connectivity index (χ1n) is 9.32. The van der Waals surface area contributed by atoms with Gasteiger partial charge in [-0.15, -0.1) is 12.4 Å². The fourth-order valence-electron chi connectivity index (χ4n) is 2.86. The number of hydrogen-bond donors (Lipinski definition) is 2. The average Bonchev–Trinajstić information content (AvgIpc) is 2.76. The van der Waals surface area contributed by atoms with Crippen LogP contribution in [-0.4, -0.2) is 22.0 Å². The van der Waals surface area contributed by atoms with Crippen molar-refractivity contribution in [2.75, 3.05) is 6.54 Å². The molecule has 0 atom stereocenters. The van der Waals surface area contributed by atoms with Crippen LogP contribution < -0.4 is 21.3 Å². The van der Waals surface area contributed by atoms with Crippen LogP contribution in [0.1, 0.15) is 17.0 Å². The summed E-state index contributed by atoms with van der Waals surface area (Å²) in [6, 6.07) is 6.90. The summed E-state index contributed by atoms with van der Waals surface area (Å²) in [4.78, 5) is 28.3. The smallest absolute Gasteiger partial charge is 0.280 e. The minimum absolute atomic E-state index is 0. The molecule has 0 aliphatic carbocycles. The Hall–Kier alpha value is -3.08. The van der Waals surface area contributed by atoms with Crippen molar-refractivity contribution in [1.82, 2.24) is 14.9 Å². The van der Waals surface area contributed by atoms with Crippen LogP contribution in [0, 0.1) is 24.4 Å². The van der Waals surface area contributed by atoms with Crippen molar-refractivity contribution in [3.63, 3.8) is 0 Å². The predicted octanol–water partition coefficient (Wildman–Crippen LogP) is 3.19. The van der Waals surface area contributed by atoms with Crippen molar-refractivity contribution >= 4 is 29.9 Å². The Morgan fingerprint density at radius 2 is 1.91 bits per heavy atom. The highest BCUT2D eigenvalue weighted by molar-refractivity contribution is 6.31. The Morgan fingerprint density at radius 1 is 1.18 bits per heavy atom. The van der Waals surface area contributed by atoms with Crippen molar-refractivity contribution in [1.29, 1.82) is 0 Å². The van der Waals surface area contributed by atoms with Crippen LogP contribution in [0.15, 0.2) is 41.2 Å². The Morgan fingerprint density at radius 3 is 2.58 bits per heavy atom. The second kappa shape index (κ2) is 11.2. The van der Waals surface area contributed by atoms with Crippen LogP contribution >= 0.6 is 24.0 Å².